The van der Waals surface area contributed by atoms with Gasteiger partial charge in [-0.15, -0.1) is 0 Å². The Morgan fingerprint density at radius 1 is 1.56 bits per heavy atom. The van der Waals surface area contributed by atoms with Gasteiger partial charge in [0.15, 0.2) is 17.8 Å². The number of hydrogen-bond donors (Lipinski definition) is 2. The highest BCUT2D eigenvalue weighted by Crippen LogP contribution is 2.21. The molecule has 0 bridgehead atoms. The van der Waals surface area contributed by atoms with E-state index in [1.807, 2.05) is 0 Å². The number of benzene rings is 1. The van der Waals surface area contributed by atoms with E-state index in [1.54, 1.807) is 6.07 Å². The molecule has 16 heavy (non-hydrogen) atoms. The number of carboxylic acids is 1. The number of aromatic nitrogens is 1. The van der Waals surface area contributed by atoms with Crippen molar-refractivity contribution < 1.29 is 19.4 Å². The summed E-state index contributed by atoms with van der Waals surface area (Å²) in [5.74, 6) is -1.44. The van der Waals surface area contributed by atoms with Crippen molar-refractivity contribution in [2.45, 2.75) is 6.10 Å². The molecule has 0 saturated heterocycles. The summed E-state index contributed by atoms with van der Waals surface area (Å²) in [5.41, 5.74) is 0.907. The lowest BCUT2D eigenvalue weighted by Gasteiger charge is -2.03. The van der Waals surface area contributed by atoms with Crippen LogP contribution >= 0.6 is 0 Å². The molecular formula is C10H6N2O4. The number of carboxylic acid groups (broad SMARTS) is 1. The normalized spacial score (nSPS) is 12.2. The number of aliphatic carboxylic acids is 1. The summed E-state index contributed by atoms with van der Waals surface area (Å²) in [7, 11) is 0. The van der Waals surface area contributed by atoms with Crippen LogP contribution in [0.1, 0.15) is 17.6 Å². The van der Waals surface area contributed by atoms with Gasteiger partial charge in [-0.25, -0.2) is 4.79 Å². The summed E-state index contributed by atoms with van der Waals surface area (Å²) >= 11 is 0. The van der Waals surface area contributed by atoms with E-state index in [0.717, 1.165) is 0 Å². The fourth-order valence-electron chi connectivity index (χ4n) is 1.30. The molecule has 1 aromatic heterocycles. The fraction of sp³-hybridized carbons (Fsp3) is 0.100. The van der Waals surface area contributed by atoms with Gasteiger partial charge < -0.3 is 14.6 Å². The van der Waals surface area contributed by atoms with Gasteiger partial charge in [0.1, 0.15) is 5.52 Å². The van der Waals surface area contributed by atoms with E-state index < -0.39 is 12.1 Å². The van der Waals surface area contributed by atoms with Gasteiger partial charge in [-0.2, -0.15) is 10.2 Å². The van der Waals surface area contributed by atoms with Gasteiger partial charge in [-0.05, 0) is 17.7 Å². The van der Waals surface area contributed by atoms with Gasteiger partial charge >= 0.3 is 11.9 Å². The molecule has 2 aromatic rings. The maximum Gasteiger partial charge on any atom is 0.337 e. The molecule has 1 atom stereocenters. The predicted molar refractivity (Wildman–Crippen MR) is 51.3 cm³/mol. The number of hydrogen-bond acceptors (Lipinski definition) is 5. The monoisotopic (exact) mass is 218 g/mol. The fourth-order valence-corrected chi connectivity index (χ4v) is 1.30. The zero-order chi connectivity index (χ0) is 11.7. The van der Waals surface area contributed by atoms with E-state index >= 15 is 0 Å². The molecule has 80 valence electrons. The summed E-state index contributed by atoms with van der Waals surface area (Å²) in [6, 6.07) is 5.98. The molecule has 0 spiro atoms. The molecule has 0 aliphatic carbocycles. The summed E-state index contributed by atoms with van der Waals surface area (Å²) in [5, 5.41) is 26.5. The summed E-state index contributed by atoms with van der Waals surface area (Å²) in [4.78, 5) is 14.4. The molecule has 0 aliphatic rings. The number of oxazole rings is 1. The third-order valence-corrected chi connectivity index (χ3v) is 2.06. The van der Waals surface area contributed by atoms with E-state index in [1.165, 1.54) is 18.2 Å². The number of nitriles is 1. The Bertz CT molecular complexity index is 596. The Kier molecular flexibility index (Phi) is 2.31. The van der Waals surface area contributed by atoms with Gasteiger partial charge in [0.2, 0.25) is 0 Å². The second kappa shape index (κ2) is 3.64. The van der Waals surface area contributed by atoms with E-state index in [2.05, 4.69) is 4.98 Å². The van der Waals surface area contributed by atoms with E-state index in [9.17, 15) is 9.90 Å². The standard InChI is InChI=1S/C10H6N2O4/c11-4-8-12-6-3-5(9(13)10(14)15)1-2-7(6)16-8/h1-3,9,13H,(H,14,15). The predicted octanol–water partition coefficient (Wildman–Crippen LogP) is 0.817. The molecule has 0 saturated carbocycles. The number of nitrogens with zero attached hydrogens (tertiary/aromatic N) is 2. The van der Waals surface area contributed by atoms with Crippen LogP contribution in [0.4, 0.5) is 0 Å². The topological polar surface area (TPSA) is 107 Å². The first-order chi connectivity index (χ1) is 7.61. The zero-order valence-electron chi connectivity index (χ0n) is 7.91. The van der Waals surface area contributed by atoms with Crippen LogP contribution in [0, 0.1) is 11.3 Å². The number of fused-ring (bicyclic) bond motifs is 1. The van der Waals surface area contributed by atoms with Crippen LogP contribution in [0.25, 0.3) is 11.1 Å². The number of aliphatic hydroxyl groups excluding tert-OH is 1. The first kappa shape index (κ1) is 10.1. The summed E-state index contributed by atoms with van der Waals surface area (Å²) in [6.45, 7) is 0. The molecule has 6 nitrogen and oxygen atoms in total. The van der Waals surface area contributed by atoms with Crippen LogP contribution < -0.4 is 0 Å². The minimum Gasteiger partial charge on any atom is -0.479 e. The highest BCUT2D eigenvalue weighted by Gasteiger charge is 2.17. The van der Waals surface area contributed by atoms with Gasteiger partial charge in [0, 0.05) is 0 Å². The van der Waals surface area contributed by atoms with Crippen LogP contribution in [-0.4, -0.2) is 21.2 Å². The van der Waals surface area contributed by atoms with Crippen molar-refractivity contribution in [3.63, 3.8) is 0 Å². The van der Waals surface area contributed by atoms with Gasteiger partial charge in [-0.1, -0.05) is 6.07 Å². The van der Waals surface area contributed by atoms with Crippen molar-refractivity contribution in [1.82, 2.24) is 4.98 Å². The highest BCUT2D eigenvalue weighted by molar-refractivity contribution is 5.79. The molecule has 2 rings (SSSR count). The van der Waals surface area contributed by atoms with Crippen molar-refractivity contribution in [1.29, 1.82) is 5.26 Å². The molecular weight excluding hydrogens is 212 g/mol. The number of aliphatic hydroxyl groups is 1. The summed E-state index contributed by atoms with van der Waals surface area (Å²) in [6.07, 6.45) is -1.60. The second-order valence-corrected chi connectivity index (χ2v) is 3.10. The van der Waals surface area contributed by atoms with Crippen molar-refractivity contribution in [3.8, 4) is 6.07 Å². The Balaban J connectivity index is 2.52. The molecule has 1 heterocycles. The molecule has 0 aliphatic heterocycles. The van der Waals surface area contributed by atoms with Crippen molar-refractivity contribution in [3.05, 3.63) is 29.7 Å². The van der Waals surface area contributed by atoms with Gasteiger partial charge in [0.25, 0.3) is 0 Å². The molecule has 6 heteroatoms. The van der Waals surface area contributed by atoms with E-state index in [-0.39, 0.29) is 11.5 Å². The molecule has 0 amide bonds. The second-order valence-electron chi connectivity index (χ2n) is 3.10. The van der Waals surface area contributed by atoms with Crippen LogP contribution in [0.5, 0.6) is 0 Å². The van der Waals surface area contributed by atoms with Crippen LogP contribution in [0.2, 0.25) is 0 Å². The molecule has 0 fully saturated rings. The molecule has 1 unspecified atom stereocenters. The van der Waals surface area contributed by atoms with Crippen molar-refractivity contribution >= 4 is 17.1 Å². The first-order valence-electron chi connectivity index (χ1n) is 4.33. The Morgan fingerprint density at radius 3 is 2.94 bits per heavy atom. The molecule has 0 radical (unpaired) electrons. The number of rotatable bonds is 2. The van der Waals surface area contributed by atoms with Crippen LogP contribution in [0.15, 0.2) is 22.6 Å². The van der Waals surface area contributed by atoms with E-state index in [4.69, 9.17) is 14.8 Å². The maximum absolute atomic E-state index is 10.6. The number of carbonyl (C=O) groups is 1. The van der Waals surface area contributed by atoms with Crippen molar-refractivity contribution in [2.75, 3.05) is 0 Å². The van der Waals surface area contributed by atoms with Gasteiger partial charge in [-0.3, -0.25) is 0 Å². The molecule has 1 aromatic carbocycles. The minimum absolute atomic E-state index is 0.100. The Morgan fingerprint density at radius 2 is 2.31 bits per heavy atom. The lowest BCUT2D eigenvalue weighted by atomic mass is 10.1. The van der Waals surface area contributed by atoms with Crippen molar-refractivity contribution in [2.24, 2.45) is 0 Å². The lowest BCUT2D eigenvalue weighted by molar-refractivity contribution is -0.146. The maximum atomic E-state index is 10.6. The zero-order valence-corrected chi connectivity index (χ0v) is 7.91. The van der Waals surface area contributed by atoms with Crippen LogP contribution in [-0.2, 0) is 4.79 Å². The minimum atomic E-state index is -1.60. The average Bonchev–Trinajstić information content (AvgIpc) is 2.69. The largest absolute Gasteiger partial charge is 0.479 e. The lowest BCUT2D eigenvalue weighted by Crippen LogP contribution is -2.10. The van der Waals surface area contributed by atoms with Crippen LogP contribution in [0.3, 0.4) is 0 Å². The van der Waals surface area contributed by atoms with Gasteiger partial charge in [0.05, 0.1) is 0 Å². The third-order valence-electron chi connectivity index (χ3n) is 2.06. The SMILES string of the molecule is N#Cc1nc2cc(C(O)C(=O)O)ccc2o1. The quantitative estimate of drug-likeness (QED) is 0.772. The first-order valence-corrected chi connectivity index (χ1v) is 4.33. The highest BCUT2D eigenvalue weighted by atomic mass is 16.4. The molecule has 2 N–H and O–H groups in total. The third kappa shape index (κ3) is 1.60. The Labute approximate surface area is 89.4 Å². The average molecular weight is 218 g/mol. The Hall–Kier alpha value is -2.39. The summed E-state index contributed by atoms with van der Waals surface area (Å²) < 4.78 is 5.01. The smallest absolute Gasteiger partial charge is 0.337 e. The van der Waals surface area contributed by atoms with E-state index in [0.29, 0.717) is 11.1 Å².